The van der Waals surface area contributed by atoms with Gasteiger partial charge in [0.25, 0.3) is 0 Å². The van der Waals surface area contributed by atoms with E-state index < -0.39 is 0 Å². The van der Waals surface area contributed by atoms with Crippen molar-refractivity contribution in [1.82, 2.24) is 10.5 Å². The molecular formula is C11H11ClN2O. The molecule has 1 N–H and O–H groups in total. The molecule has 2 rings (SSSR count). The second kappa shape index (κ2) is 4.96. The number of nitrogens with zero attached hydrogens (tertiary/aromatic N) is 1. The highest BCUT2D eigenvalue weighted by Crippen LogP contribution is 2.10. The first-order chi connectivity index (χ1) is 7.34. The van der Waals surface area contributed by atoms with Crippen LogP contribution in [0.15, 0.2) is 41.1 Å². The van der Waals surface area contributed by atoms with Crippen LogP contribution in [0.3, 0.4) is 0 Å². The lowest BCUT2D eigenvalue weighted by Gasteiger charge is -2.02. The summed E-state index contributed by atoms with van der Waals surface area (Å²) in [5.41, 5.74) is 1.15. The molecular weight excluding hydrogens is 212 g/mol. The molecule has 15 heavy (non-hydrogen) atoms. The topological polar surface area (TPSA) is 38.1 Å². The van der Waals surface area contributed by atoms with Gasteiger partial charge in [-0.15, -0.1) is 0 Å². The number of hydrogen-bond acceptors (Lipinski definition) is 3. The van der Waals surface area contributed by atoms with E-state index >= 15 is 0 Å². The Bertz CT molecular complexity index is 414. The molecule has 0 radical (unpaired) electrons. The molecule has 0 fully saturated rings. The molecule has 1 aromatic carbocycles. The summed E-state index contributed by atoms with van der Waals surface area (Å²) < 4.78 is 4.96. The van der Waals surface area contributed by atoms with E-state index in [4.69, 9.17) is 16.1 Å². The number of halogens is 1. The Kier molecular flexibility index (Phi) is 3.37. The highest BCUT2D eigenvalue weighted by atomic mass is 35.5. The van der Waals surface area contributed by atoms with Crippen molar-refractivity contribution in [3.05, 3.63) is 52.9 Å². The molecule has 0 bridgehead atoms. The third kappa shape index (κ3) is 3.08. The minimum Gasteiger partial charge on any atom is -0.360 e. The van der Waals surface area contributed by atoms with Gasteiger partial charge in [-0.25, -0.2) is 0 Å². The van der Waals surface area contributed by atoms with Crippen LogP contribution < -0.4 is 5.32 Å². The van der Waals surface area contributed by atoms with Gasteiger partial charge < -0.3 is 9.84 Å². The maximum absolute atomic E-state index is 5.87. The minimum absolute atomic E-state index is 0.673. The molecule has 78 valence electrons. The van der Waals surface area contributed by atoms with Crippen LogP contribution in [0.4, 0.5) is 0 Å². The van der Waals surface area contributed by atoms with Crippen LogP contribution >= 0.6 is 11.6 Å². The summed E-state index contributed by atoms with van der Waals surface area (Å²) in [7, 11) is 0. The molecule has 1 aromatic heterocycles. The summed E-state index contributed by atoms with van der Waals surface area (Å²) in [5.74, 6) is 0.831. The van der Waals surface area contributed by atoms with Crippen LogP contribution in [0.5, 0.6) is 0 Å². The quantitative estimate of drug-likeness (QED) is 0.864. The van der Waals surface area contributed by atoms with Gasteiger partial charge in [-0.1, -0.05) is 28.9 Å². The van der Waals surface area contributed by atoms with Crippen LogP contribution in [-0.2, 0) is 13.1 Å². The molecule has 4 heteroatoms. The second-order valence-electron chi connectivity index (χ2n) is 3.21. The van der Waals surface area contributed by atoms with Gasteiger partial charge in [0.1, 0.15) is 5.76 Å². The predicted octanol–water partition coefficient (Wildman–Crippen LogP) is 2.62. The Morgan fingerprint density at radius 2 is 2.20 bits per heavy atom. The summed E-state index contributed by atoms with van der Waals surface area (Å²) in [5, 5.41) is 7.62. The molecule has 0 spiro atoms. The van der Waals surface area contributed by atoms with E-state index in [-0.39, 0.29) is 0 Å². The Hall–Kier alpha value is -1.32. The van der Waals surface area contributed by atoms with Gasteiger partial charge in [0.05, 0.1) is 12.7 Å². The molecule has 0 aliphatic rings. The van der Waals surface area contributed by atoms with Crippen LogP contribution in [0.2, 0.25) is 5.02 Å². The number of hydrogen-bond donors (Lipinski definition) is 1. The number of benzene rings is 1. The van der Waals surface area contributed by atoms with E-state index in [0.29, 0.717) is 6.54 Å². The van der Waals surface area contributed by atoms with Crippen LogP contribution in [0.1, 0.15) is 11.3 Å². The Balaban J connectivity index is 1.83. The highest BCUT2D eigenvalue weighted by Gasteiger charge is 1.97. The smallest absolute Gasteiger partial charge is 0.150 e. The fourth-order valence-corrected chi connectivity index (χ4v) is 1.52. The molecule has 0 aliphatic carbocycles. The third-order valence-electron chi connectivity index (χ3n) is 2.01. The number of rotatable bonds is 4. The molecule has 3 nitrogen and oxygen atoms in total. The van der Waals surface area contributed by atoms with E-state index in [1.165, 1.54) is 0 Å². The van der Waals surface area contributed by atoms with Gasteiger partial charge in [0, 0.05) is 17.6 Å². The van der Waals surface area contributed by atoms with Crippen LogP contribution in [-0.4, -0.2) is 5.16 Å². The number of aromatic nitrogens is 1. The fraction of sp³-hybridized carbons (Fsp3) is 0.182. The normalized spacial score (nSPS) is 10.5. The maximum Gasteiger partial charge on any atom is 0.150 e. The summed E-state index contributed by atoms with van der Waals surface area (Å²) in [6.07, 6.45) is 1.64. The van der Waals surface area contributed by atoms with Crippen molar-refractivity contribution in [2.45, 2.75) is 13.1 Å². The van der Waals surface area contributed by atoms with Crippen molar-refractivity contribution in [2.24, 2.45) is 0 Å². The summed E-state index contributed by atoms with van der Waals surface area (Å²) in [4.78, 5) is 0. The Morgan fingerprint density at radius 1 is 1.27 bits per heavy atom. The van der Waals surface area contributed by atoms with Crippen molar-refractivity contribution in [1.29, 1.82) is 0 Å². The molecule has 0 amide bonds. The minimum atomic E-state index is 0.673. The molecule has 2 aromatic rings. The van der Waals surface area contributed by atoms with E-state index in [0.717, 1.165) is 22.9 Å². The SMILES string of the molecule is Clc1cccc(CNCc2ccno2)c1. The number of nitrogens with one attached hydrogen (secondary N) is 1. The van der Waals surface area contributed by atoms with Gasteiger partial charge in [-0.05, 0) is 17.7 Å². The largest absolute Gasteiger partial charge is 0.360 e. The van der Waals surface area contributed by atoms with Crippen LogP contribution in [0, 0.1) is 0 Å². The van der Waals surface area contributed by atoms with Gasteiger partial charge >= 0.3 is 0 Å². The first kappa shape index (κ1) is 10.2. The zero-order valence-corrected chi connectivity index (χ0v) is 8.87. The standard InChI is InChI=1S/C11H11ClN2O/c12-10-3-1-2-9(6-10)7-13-8-11-4-5-14-15-11/h1-6,13H,7-8H2. The van der Waals surface area contributed by atoms with Gasteiger partial charge in [0.15, 0.2) is 0 Å². The highest BCUT2D eigenvalue weighted by molar-refractivity contribution is 6.30. The molecule has 0 atom stereocenters. The first-order valence-electron chi connectivity index (χ1n) is 4.69. The van der Waals surface area contributed by atoms with Gasteiger partial charge in [-0.2, -0.15) is 0 Å². The average molecular weight is 223 g/mol. The Labute approximate surface area is 93.0 Å². The first-order valence-corrected chi connectivity index (χ1v) is 5.07. The Morgan fingerprint density at radius 3 is 2.93 bits per heavy atom. The maximum atomic E-state index is 5.87. The zero-order chi connectivity index (χ0) is 10.5. The second-order valence-corrected chi connectivity index (χ2v) is 3.65. The third-order valence-corrected chi connectivity index (χ3v) is 2.24. The molecule has 0 unspecified atom stereocenters. The molecule has 1 heterocycles. The van der Waals surface area contributed by atoms with Crippen molar-refractivity contribution >= 4 is 11.6 Å². The van der Waals surface area contributed by atoms with Crippen molar-refractivity contribution in [3.63, 3.8) is 0 Å². The lowest BCUT2D eigenvalue weighted by atomic mass is 10.2. The van der Waals surface area contributed by atoms with E-state index in [9.17, 15) is 0 Å². The van der Waals surface area contributed by atoms with Crippen molar-refractivity contribution < 1.29 is 4.52 Å². The van der Waals surface area contributed by atoms with Crippen molar-refractivity contribution in [2.75, 3.05) is 0 Å². The van der Waals surface area contributed by atoms with Gasteiger partial charge in [0.2, 0.25) is 0 Å². The molecule has 0 aliphatic heterocycles. The van der Waals surface area contributed by atoms with E-state index in [2.05, 4.69) is 10.5 Å². The lowest BCUT2D eigenvalue weighted by molar-refractivity contribution is 0.373. The molecule has 0 saturated carbocycles. The van der Waals surface area contributed by atoms with E-state index in [1.807, 2.05) is 30.3 Å². The summed E-state index contributed by atoms with van der Waals surface area (Å²) in [6.45, 7) is 1.44. The zero-order valence-electron chi connectivity index (χ0n) is 8.11. The predicted molar refractivity (Wildman–Crippen MR) is 58.5 cm³/mol. The van der Waals surface area contributed by atoms with Gasteiger partial charge in [-0.3, -0.25) is 0 Å². The fourth-order valence-electron chi connectivity index (χ4n) is 1.31. The molecule has 0 saturated heterocycles. The summed E-state index contributed by atoms with van der Waals surface area (Å²) in [6, 6.07) is 9.61. The monoisotopic (exact) mass is 222 g/mol. The summed E-state index contributed by atoms with van der Waals surface area (Å²) >= 11 is 5.87. The average Bonchev–Trinajstić information content (AvgIpc) is 2.71. The van der Waals surface area contributed by atoms with Crippen molar-refractivity contribution in [3.8, 4) is 0 Å². The van der Waals surface area contributed by atoms with E-state index in [1.54, 1.807) is 6.20 Å². The lowest BCUT2D eigenvalue weighted by Crippen LogP contribution is -2.11. The van der Waals surface area contributed by atoms with Crippen LogP contribution in [0.25, 0.3) is 0 Å².